The van der Waals surface area contributed by atoms with E-state index in [1.54, 1.807) is 39.4 Å². The highest BCUT2D eigenvalue weighted by atomic mass is 16.6. The van der Waals surface area contributed by atoms with E-state index in [1.807, 2.05) is 53.0 Å². The van der Waals surface area contributed by atoms with Crippen molar-refractivity contribution in [3.05, 3.63) is 70.2 Å². The normalized spacial score (nSPS) is 21.6. The van der Waals surface area contributed by atoms with Crippen molar-refractivity contribution < 1.29 is 19.1 Å². The average molecular weight is 560 g/mol. The summed E-state index contributed by atoms with van der Waals surface area (Å²) in [6.45, 7) is 9.45. The van der Waals surface area contributed by atoms with Crippen LogP contribution in [0.4, 0.5) is 9.59 Å². The van der Waals surface area contributed by atoms with Crippen molar-refractivity contribution in [1.29, 1.82) is 0 Å². The van der Waals surface area contributed by atoms with Crippen molar-refractivity contribution in [2.24, 2.45) is 10.1 Å². The summed E-state index contributed by atoms with van der Waals surface area (Å²) >= 11 is 0. The molecule has 3 aliphatic heterocycles. The van der Waals surface area contributed by atoms with E-state index in [0.29, 0.717) is 44.0 Å². The summed E-state index contributed by atoms with van der Waals surface area (Å²) in [5, 5.41) is 12.6. The molecule has 1 spiro atoms. The first-order valence-electron chi connectivity index (χ1n) is 13.8. The van der Waals surface area contributed by atoms with E-state index in [-0.39, 0.29) is 17.9 Å². The fourth-order valence-corrected chi connectivity index (χ4v) is 5.28. The molecule has 1 atom stereocenters. The Morgan fingerprint density at radius 1 is 1.10 bits per heavy atom. The lowest BCUT2D eigenvalue weighted by molar-refractivity contribution is 0.0170. The number of hydrogen-bond acceptors (Lipinski definition) is 8. The highest BCUT2D eigenvalue weighted by Crippen LogP contribution is 2.37. The Labute approximate surface area is 240 Å². The second kappa shape index (κ2) is 10.9. The van der Waals surface area contributed by atoms with Gasteiger partial charge in [-0.05, 0) is 57.4 Å². The number of benzene rings is 1. The van der Waals surface area contributed by atoms with Crippen LogP contribution in [-0.4, -0.2) is 89.5 Å². The third-order valence-electron chi connectivity index (χ3n) is 7.49. The molecule has 1 saturated heterocycles. The summed E-state index contributed by atoms with van der Waals surface area (Å²) in [6, 6.07) is 5.30. The predicted molar refractivity (Wildman–Crippen MR) is 157 cm³/mol. The van der Waals surface area contributed by atoms with Crippen molar-refractivity contribution in [3.63, 3.8) is 0 Å². The van der Waals surface area contributed by atoms with Crippen molar-refractivity contribution >= 4 is 30.3 Å². The van der Waals surface area contributed by atoms with Crippen LogP contribution in [-0.2, 0) is 11.3 Å². The molecule has 11 heteroatoms. The van der Waals surface area contributed by atoms with Crippen LogP contribution in [0.5, 0.6) is 0 Å². The molecule has 5 rings (SSSR count). The summed E-state index contributed by atoms with van der Waals surface area (Å²) < 4.78 is 5.43. The first kappa shape index (κ1) is 28.1. The summed E-state index contributed by atoms with van der Waals surface area (Å²) in [4.78, 5) is 46.6. The number of urea groups is 1. The first-order chi connectivity index (χ1) is 19.5. The Hall–Kier alpha value is -4.41. The van der Waals surface area contributed by atoms with Crippen LogP contribution in [0.25, 0.3) is 0 Å². The molecule has 0 bridgehead atoms. The Morgan fingerprint density at radius 3 is 2.54 bits per heavy atom. The van der Waals surface area contributed by atoms with E-state index in [2.05, 4.69) is 26.8 Å². The fourth-order valence-electron chi connectivity index (χ4n) is 5.28. The minimum atomic E-state index is -0.765. The molecule has 2 N–H and O–H groups in total. The highest BCUT2D eigenvalue weighted by Gasteiger charge is 2.46. The van der Waals surface area contributed by atoms with Crippen LogP contribution in [0, 0.1) is 6.92 Å². The number of carbonyl (C=O) groups is 3. The number of rotatable bonds is 4. The maximum Gasteiger partial charge on any atom is 0.410 e. The molecule has 0 aromatic heterocycles. The SMILES string of the molecule is Cc1cc(C(=O)C2=CC=NC3=CCC=C4N(C)N=CC34N2)ccc1CNC(=O)N1CCN(C(=O)OC(C)(C)C)CC1. The monoisotopic (exact) mass is 559 g/mol. The quantitative estimate of drug-likeness (QED) is 0.547. The van der Waals surface area contributed by atoms with Gasteiger partial charge in [0.05, 0.1) is 23.3 Å². The van der Waals surface area contributed by atoms with Gasteiger partial charge < -0.3 is 25.2 Å². The second-order valence-corrected chi connectivity index (χ2v) is 11.6. The molecule has 1 aliphatic carbocycles. The molecule has 11 nitrogen and oxygen atoms in total. The van der Waals surface area contributed by atoms with Crippen molar-refractivity contribution in [2.45, 2.75) is 51.8 Å². The van der Waals surface area contributed by atoms with E-state index in [9.17, 15) is 14.4 Å². The number of nitrogens with one attached hydrogen (secondary N) is 2. The van der Waals surface area contributed by atoms with Crippen LogP contribution in [0.15, 0.2) is 63.6 Å². The number of amides is 3. The average Bonchev–Trinajstić information content (AvgIpc) is 3.14. The number of hydrazone groups is 1. The lowest BCUT2D eigenvalue weighted by Gasteiger charge is -2.35. The lowest BCUT2D eigenvalue weighted by atomic mass is 9.87. The molecule has 3 heterocycles. The zero-order valence-corrected chi connectivity index (χ0v) is 24.2. The summed E-state index contributed by atoms with van der Waals surface area (Å²) in [7, 11) is 1.88. The second-order valence-electron chi connectivity index (χ2n) is 11.6. The molecule has 4 aliphatic rings. The van der Waals surface area contributed by atoms with Gasteiger partial charge in [-0.25, -0.2) is 9.59 Å². The van der Waals surface area contributed by atoms with Crippen LogP contribution in [0.3, 0.4) is 0 Å². The number of ketones is 1. The van der Waals surface area contributed by atoms with Gasteiger partial charge in [-0.1, -0.05) is 24.3 Å². The van der Waals surface area contributed by atoms with Gasteiger partial charge in [0, 0.05) is 51.5 Å². The topological polar surface area (TPSA) is 119 Å². The maximum absolute atomic E-state index is 13.6. The number of Topliss-reactive ketones (excluding diaryl/α,β-unsaturated/α-hetero) is 1. The molecule has 216 valence electrons. The third kappa shape index (κ3) is 5.75. The molecule has 1 aromatic carbocycles. The number of nitrogens with zero attached hydrogens (tertiary/aromatic N) is 5. The Balaban J connectivity index is 1.18. The molecular formula is C30H37N7O4. The number of ether oxygens (including phenoxy) is 1. The molecule has 41 heavy (non-hydrogen) atoms. The van der Waals surface area contributed by atoms with Crippen LogP contribution < -0.4 is 10.6 Å². The zero-order chi connectivity index (χ0) is 29.4. The first-order valence-corrected chi connectivity index (χ1v) is 13.8. The van der Waals surface area contributed by atoms with Crippen LogP contribution >= 0.6 is 0 Å². The molecule has 1 fully saturated rings. The molecule has 1 aromatic rings. The van der Waals surface area contributed by atoms with Crippen molar-refractivity contribution in [1.82, 2.24) is 25.4 Å². The van der Waals surface area contributed by atoms with E-state index in [1.165, 1.54) is 0 Å². The van der Waals surface area contributed by atoms with E-state index >= 15 is 0 Å². The minimum Gasteiger partial charge on any atom is -0.444 e. The molecule has 0 radical (unpaired) electrons. The zero-order valence-electron chi connectivity index (χ0n) is 24.2. The third-order valence-corrected chi connectivity index (χ3v) is 7.49. The summed E-state index contributed by atoms with van der Waals surface area (Å²) in [6.07, 6.45) is 9.66. The summed E-state index contributed by atoms with van der Waals surface area (Å²) in [5.41, 5.74) is 3.22. The lowest BCUT2D eigenvalue weighted by Crippen LogP contribution is -2.53. The predicted octanol–water partition coefficient (Wildman–Crippen LogP) is 3.34. The van der Waals surface area contributed by atoms with Gasteiger partial charge in [0.25, 0.3) is 0 Å². The fraction of sp³-hybridized carbons (Fsp3) is 0.433. The smallest absolute Gasteiger partial charge is 0.410 e. The number of aryl methyl sites for hydroxylation is 1. The Morgan fingerprint density at radius 2 is 1.83 bits per heavy atom. The van der Waals surface area contributed by atoms with Gasteiger partial charge in [-0.2, -0.15) is 5.10 Å². The van der Waals surface area contributed by atoms with E-state index in [0.717, 1.165) is 28.9 Å². The van der Waals surface area contributed by atoms with E-state index < -0.39 is 11.1 Å². The highest BCUT2D eigenvalue weighted by molar-refractivity contribution is 6.11. The van der Waals surface area contributed by atoms with Gasteiger partial charge >= 0.3 is 12.1 Å². The van der Waals surface area contributed by atoms with Gasteiger partial charge in [0.2, 0.25) is 5.78 Å². The number of piperazine rings is 1. The number of carbonyl (C=O) groups excluding carboxylic acids is 3. The van der Waals surface area contributed by atoms with Crippen molar-refractivity contribution in [2.75, 3.05) is 33.2 Å². The number of allylic oxidation sites excluding steroid dienone is 4. The van der Waals surface area contributed by atoms with Gasteiger partial charge in [-0.3, -0.25) is 14.8 Å². The number of likely N-dealkylation sites (N-methyl/N-ethyl adjacent to an activating group) is 1. The standard InChI is InChI=1S/C30H37N7O4/c1-20-17-21(26(38)23-11-12-31-24-7-6-8-25-30(24,34-23)19-33-35(25)5)9-10-22(20)18-32-27(39)36-13-15-37(16-14-36)28(40)41-29(2,3)4/h7-12,17,19,34H,6,13-16,18H2,1-5H3,(H,32,39). The van der Waals surface area contributed by atoms with Crippen molar-refractivity contribution in [3.8, 4) is 0 Å². The Kier molecular flexibility index (Phi) is 7.46. The van der Waals surface area contributed by atoms with Gasteiger partial charge in [-0.15, -0.1) is 0 Å². The summed E-state index contributed by atoms with van der Waals surface area (Å²) in [5.74, 6) is -0.151. The van der Waals surface area contributed by atoms with E-state index in [4.69, 9.17) is 4.74 Å². The minimum absolute atomic E-state index is 0.151. The maximum atomic E-state index is 13.6. The van der Waals surface area contributed by atoms with Gasteiger partial charge in [0.15, 0.2) is 5.54 Å². The number of aliphatic imine (C=N–C) groups is 1. The van der Waals surface area contributed by atoms with Gasteiger partial charge in [0.1, 0.15) is 5.60 Å². The number of hydrogen-bond donors (Lipinski definition) is 2. The van der Waals surface area contributed by atoms with Crippen LogP contribution in [0.1, 0.15) is 48.7 Å². The molecule has 1 unspecified atom stereocenters. The molecular weight excluding hydrogens is 522 g/mol. The van der Waals surface area contributed by atoms with Crippen LogP contribution in [0.2, 0.25) is 0 Å². The largest absolute Gasteiger partial charge is 0.444 e. The Bertz CT molecular complexity index is 1410. The molecule has 0 saturated carbocycles. The molecule has 3 amide bonds.